The van der Waals surface area contributed by atoms with Crippen LogP contribution in [-0.2, 0) is 14.3 Å². The normalized spacial score (nSPS) is 12.1. The number of alkyl halides is 3. The van der Waals surface area contributed by atoms with Gasteiger partial charge in [0.05, 0.1) is 17.8 Å². The number of benzene rings is 2. The molecule has 0 heterocycles. The first kappa shape index (κ1) is 25.0. The molecule has 0 aromatic heterocycles. The summed E-state index contributed by atoms with van der Waals surface area (Å²) in [7, 11) is 0. The van der Waals surface area contributed by atoms with Crippen LogP contribution >= 0.6 is 11.8 Å². The van der Waals surface area contributed by atoms with E-state index in [1.807, 2.05) is 5.32 Å². The molecule has 32 heavy (non-hydrogen) atoms. The number of anilines is 1. The van der Waals surface area contributed by atoms with Crippen molar-refractivity contribution in [2.45, 2.75) is 23.4 Å². The Kier molecular flexibility index (Phi) is 8.14. The number of carbonyl (C=O) groups is 3. The number of ether oxygens (including phenoxy) is 1. The smallest absolute Gasteiger partial charge is 0.446 e. The quantitative estimate of drug-likeness (QED) is 0.271. The van der Waals surface area contributed by atoms with Crippen molar-refractivity contribution in [3.8, 4) is 0 Å². The first-order valence-corrected chi connectivity index (χ1v) is 9.47. The van der Waals surface area contributed by atoms with Gasteiger partial charge in [0.15, 0.2) is 23.6 Å². The van der Waals surface area contributed by atoms with Gasteiger partial charge in [-0.3, -0.25) is 9.59 Å². The van der Waals surface area contributed by atoms with Crippen LogP contribution in [0.4, 0.5) is 32.0 Å². The molecule has 0 saturated heterocycles. The van der Waals surface area contributed by atoms with Crippen LogP contribution in [-0.4, -0.2) is 35.9 Å². The molecule has 2 rings (SSSR count). The summed E-state index contributed by atoms with van der Waals surface area (Å²) in [6, 6.07) is 5.68. The minimum Gasteiger partial charge on any atom is -0.449 e. The topological polar surface area (TPSA) is 84.5 Å². The van der Waals surface area contributed by atoms with Crippen LogP contribution in [0, 0.1) is 17.5 Å². The monoisotopic (exact) mass is 480 g/mol. The lowest BCUT2D eigenvalue weighted by Crippen LogP contribution is -2.40. The fourth-order valence-electron chi connectivity index (χ4n) is 2.20. The van der Waals surface area contributed by atoms with Gasteiger partial charge in [-0.15, -0.1) is 0 Å². The van der Waals surface area contributed by atoms with E-state index in [9.17, 15) is 40.7 Å². The van der Waals surface area contributed by atoms with Crippen LogP contribution in [0.3, 0.4) is 0 Å². The first-order valence-electron chi connectivity index (χ1n) is 8.65. The van der Waals surface area contributed by atoms with Crippen molar-refractivity contribution in [3.63, 3.8) is 0 Å². The minimum atomic E-state index is -4.49. The molecule has 2 amide bonds. The van der Waals surface area contributed by atoms with Crippen molar-refractivity contribution >= 4 is 35.2 Å². The van der Waals surface area contributed by atoms with Crippen molar-refractivity contribution in [2.24, 2.45) is 0 Å². The zero-order valence-corrected chi connectivity index (χ0v) is 16.9. The summed E-state index contributed by atoms with van der Waals surface area (Å²) in [6.07, 6.45) is -1.39. The largest absolute Gasteiger partial charge is 0.449 e. The minimum absolute atomic E-state index is 0.109. The van der Waals surface area contributed by atoms with Crippen LogP contribution in [0.15, 0.2) is 41.3 Å². The lowest BCUT2D eigenvalue weighted by atomic mass is 10.2. The Morgan fingerprint density at radius 3 is 2.22 bits per heavy atom. The molecule has 1 unspecified atom stereocenters. The van der Waals surface area contributed by atoms with Gasteiger partial charge >= 0.3 is 11.5 Å². The highest BCUT2D eigenvalue weighted by Gasteiger charge is 2.29. The molecule has 13 heteroatoms. The summed E-state index contributed by atoms with van der Waals surface area (Å²) in [5, 5.41) is 4.03. The molecule has 0 fully saturated rings. The van der Waals surface area contributed by atoms with Gasteiger partial charge in [0, 0.05) is 4.90 Å². The van der Waals surface area contributed by atoms with Crippen LogP contribution in [0.5, 0.6) is 0 Å². The Morgan fingerprint density at radius 2 is 1.62 bits per heavy atom. The lowest BCUT2D eigenvalue weighted by molar-refractivity contribution is -0.130. The molecular formula is C19H14F6N2O4S. The first-order chi connectivity index (χ1) is 14.9. The van der Waals surface area contributed by atoms with Gasteiger partial charge < -0.3 is 15.4 Å². The highest BCUT2D eigenvalue weighted by Crippen LogP contribution is 2.36. The Balaban J connectivity index is 1.85. The molecular weight excluding hydrogens is 466 g/mol. The third-order valence-electron chi connectivity index (χ3n) is 3.71. The van der Waals surface area contributed by atoms with Gasteiger partial charge in [0.25, 0.3) is 5.91 Å². The third kappa shape index (κ3) is 7.18. The van der Waals surface area contributed by atoms with Gasteiger partial charge in [-0.2, -0.15) is 13.2 Å². The second-order valence-electron chi connectivity index (χ2n) is 6.11. The average molecular weight is 480 g/mol. The molecule has 1 atom stereocenters. The molecule has 0 saturated carbocycles. The molecule has 0 bridgehead atoms. The van der Waals surface area contributed by atoms with E-state index in [-0.39, 0.29) is 22.2 Å². The van der Waals surface area contributed by atoms with Gasteiger partial charge in [0.2, 0.25) is 5.91 Å². The summed E-state index contributed by atoms with van der Waals surface area (Å²) in [6.45, 7) is 0.469. The van der Waals surface area contributed by atoms with Crippen molar-refractivity contribution in [1.29, 1.82) is 0 Å². The lowest BCUT2D eigenvalue weighted by Gasteiger charge is -2.14. The molecule has 172 valence electrons. The molecule has 6 nitrogen and oxygen atoms in total. The van der Waals surface area contributed by atoms with Crippen LogP contribution in [0.1, 0.15) is 17.3 Å². The molecule has 2 aromatic rings. The summed E-state index contributed by atoms with van der Waals surface area (Å²) in [5.41, 5.74) is -5.24. The summed E-state index contributed by atoms with van der Waals surface area (Å²) in [5.74, 6) is -7.73. The number of nitrogens with one attached hydrogen (secondary N) is 2. The van der Waals surface area contributed by atoms with Crippen LogP contribution in [0.25, 0.3) is 0 Å². The van der Waals surface area contributed by atoms with E-state index in [2.05, 4.69) is 5.32 Å². The van der Waals surface area contributed by atoms with Gasteiger partial charge in [-0.05, 0) is 55.1 Å². The zero-order chi connectivity index (χ0) is 24.1. The number of rotatable bonds is 7. The molecule has 0 aliphatic carbocycles. The predicted octanol–water partition coefficient (Wildman–Crippen LogP) is 4.02. The Hall–Kier alpha value is -3.22. The predicted molar refractivity (Wildman–Crippen MR) is 101 cm³/mol. The maximum absolute atomic E-state index is 13.5. The van der Waals surface area contributed by atoms with Crippen molar-refractivity contribution < 1.29 is 45.5 Å². The van der Waals surface area contributed by atoms with Gasteiger partial charge in [0.1, 0.15) is 0 Å². The Bertz CT molecular complexity index is 1010. The number of esters is 1. The van der Waals surface area contributed by atoms with E-state index >= 15 is 0 Å². The highest BCUT2D eigenvalue weighted by atomic mass is 32.2. The fourth-order valence-corrected chi connectivity index (χ4v) is 2.74. The van der Waals surface area contributed by atoms with Crippen LogP contribution in [0.2, 0.25) is 0 Å². The molecule has 2 aromatic carbocycles. The van der Waals surface area contributed by atoms with Crippen molar-refractivity contribution in [1.82, 2.24) is 5.32 Å². The Labute approximate surface area is 181 Å². The highest BCUT2D eigenvalue weighted by molar-refractivity contribution is 8.00. The number of amides is 2. The van der Waals surface area contributed by atoms with Gasteiger partial charge in [-0.25, -0.2) is 18.0 Å². The maximum Gasteiger partial charge on any atom is 0.446 e. The third-order valence-corrected chi connectivity index (χ3v) is 4.45. The van der Waals surface area contributed by atoms with E-state index in [1.54, 1.807) is 0 Å². The van der Waals surface area contributed by atoms with E-state index < -0.39 is 59.1 Å². The number of carbonyl (C=O) groups excluding carboxylic acids is 3. The van der Waals surface area contributed by atoms with E-state index in [1.165, 1.54) is 6.92 Å². The molecule has 0 aliphatic heterocycles. The molecule has 0 radical (unpaired) electrons. The average Bonchev–Trinajstić information content (AvgIpc) is 2.71. The second kappa shape index (κ2) is 10.4. The SMILES string of the molecule is CC(OC(=O)c1ccc(SC(F)(F)F)cc1)C(=O)NCC(=O)Nc1ccc(F)c(F)c1F. The number of thioether (sulfide) groups is 1. The van der Waals surface area contributed by atoms with Crippen LogP contribution < -0.4 is 10.6 Å². The van der Waals surface area contributed by atoms with Gasteiger partial charge in [-0.1, -0.05) is 0 Å². The van der Waals surface area contributed by atoms with E-state index in [0.717, 1.165) is 30.3 Å². The summed E-state index contributed by atoms with van der Waals surface area (Å²) in [4.78, 5) is 35.6. The molecule has 2 N–H and O–H groups in total. The maximum atomic E-state index is 13.5. The number of halogens is 6. The number of hydrogen-bond donors (Lipinski definition) is 2. The van der Waals surface area contributed by atoms with E-state index in [0.29, 0.717) is 6.07 Å². The van der Waals surface area contributed by atoms with E-state index in [4.69, 9.17) is 4.74 Å². The standard InChI is InChI=1S/C19H14F6N2O4S/c1-9(31-18(30)10-2-4-11(5-3-10)32-19(23,24)25)17(29)26-8-14(28)27-13-7-6-12(20)15(21)16(13)22/h2-7,9H,8H2,1H3,(H,26,29)(H,27,28). The summed E-state index contributed by atoms with van der Waals surface area (Å²) < 4.78 is 81.4. The molecule has 0 aliphatic rings. The molecule has 0 spiro atoms. The second-order valence-corrected chi connectivity index (χ2v) is 7.25. The van der Waals surface area contributed by atoms with Crippen molar-refractivity contribution in [2.75, 3.05) is 11.9 Å². The fraction of sp³-hybridized carbons (Fsp3) is 0.211. The van der Waals surface area contributed by atoms with Crippen molar-refractivity contribution in [3.05, 3.63) is 59.4 Å². The number of hydrogen-bond acceptors (Lipinski definition) is 5. The zero-order valence-electron chi connectivity index (χ0n) is 16.1. The summed E-state index contributed by atoms with van der Waals surface area (Å²) >= 11 is -0.365. The Morgan fingerprint density at radius 1 is 1.00 bits per heavy atom.